The van der Waals surface area contributed by atoms with Gasteiger partial charge in [-0.1, -0.05) is 0 Å². The van der Waals surface area contributed by atoms with Crippen molar-refractivity contribution in [3.05, 3.63) is 11.8 Å². The zero-order valence-electron chi connectivity index (χ0n) is 11.2. The van der Waals surface area contributed by atoms with E-state index in [4.69, 9.17) is 20.6 Å². The molecular weight excluding hydrogens is 280 g/mol. The summed E-state index contributed by atoms with van der Waals surface area (Å²) in [6, 6.07) is 0. The topological polar surface area (TPSA) is 161 Å². The number of nitrogen functional groups attached to an aromatic ring is 2. The first kappa shape index (κ1) is 14.0. The van der Waals surface area contributed by atoms with Crippen molar-refractivity contribution in [1.29, 1.82) is 0 Å². The molecule has 1 saturated heterocycles. The highest BCUT2D eigenvalue weighted by Gasteiger charge is 2.53. The van der Waals surface area contributed by atoms with Crippen molar-refractivity contribution in [2.75, 3.05) is 18.1 Å². The summed E-state index contributed by atoms with van der Waals surface area (Å²) in [5.74, 6) is 0.0280. The molecular formula is C12H16N4O5. The Bertz CT molecular complexity index is 686. The van der Waals surface area contributed by atoms with Gasteiger partial charge in [0.2, 0.25) is 5.95 Å². The Morgan fingerprint density at radius 3 is 2.71 bits per heavy atom. The number of aromatic nitrogens is 2. The monoisotopic (exact) mass is 296 g/mol. The maximum Gasteiger partial charge on any atom is 0.222 e. The van der Waals surface area contributed by atoms with Crippen molar-refractivity contribution in [2.24, 2.45) is 0 Å². The molecule has 3 rings (SSSR count). The molecule has 3 heterocycles. The van der Waals surface area contributed by atoms with Gasteiger partial charge in [-0.05, 0) is 6.92 Å². The number of hydrogen-bond donors (Lipinski definition) is 5. The van der Waals surface area contributed by atoms with Crippen LogP contribution in [0.3, 0.4) is 0 Å². The van der Waals surface area contributed by atoms with E-state index in [-0.39, 0.29) is 17.3 Å². The number of rotatable bonds is 2. The minimum atomic E-state index is -1.63. The van der Waals surface area contributed by atoms with E-state index < -0.39 is 30.5 Å². The molecule has 1 aliphatic heterocycles. The lowest BCUT2D eigenvalue weighted by molar-refractivity contribution is -0.0643. The van der Waals surface area contributed by atoms with Gasteiger partial charge in [0.1, 0.15) is 29.4 Å². The summed E-state index contributed by atoms with van der Waals surface area (Å²) in [5, 5.41) is 29.7. The Morgan fingerprint density at radius 2 is 2.10 bits per heavy atom. The van der Waals surface area contributed by atoms with Crippen LogP contribution in [-0.4, -0.2) is 49.7 Å². The molecule has 1 aliphatic rings. The number of furan rings is 1. The van der Waals surface area contributed by atoms with Crippen molar-refractivity contribution in [1.82, 2.24) is 9.97 Å². The summed E-state index contributed by atoms with van der Waals surface area (Å²) in [5.41, 5.74) is 10.5. The number of nitrogens with two attached hydrogens (primary N) is 2. The highest BCUT2D eigenvalue weighted by atomic mass is 16.6. The maximum absolute atomic E-state index is 10.5. The SMILES string of the molecule is C[C@@]1(O)[C@H](O)[C@@H](CO)O[C@H]1c1coc2c(N)nc(N)nc12. The lowest BCUT2D eigenvalue weighted by Gasteiger charge is -2.25. The molecule has 2 aromatic heterocycles. The van der Waals surface area contributed by atoms with E-state index in [1.807, 2.05) is 0 Å². The van der Waals surface area contributed by atoms with Gasteiger partial charge in [-0.2, -0.15) is 4.98 Å². The van der Waals surface area contributed by atoms with E-state index in [0.717, 1.165) is 0 Å². The van der Waals surface area contributed by atoms with Crippen LogP contribution in [0.4, 0.5) is 11.8 Å². The number of aliphatic hydroxyl groups excluding tert-OH is 2. The smallest absolute Gasteiger partial charge is 0.222 e. The van der Waals surface area contributed by atoms with E-state index in [1.54, 1.807) is 0 Å². The molecule has 0 spiro atoms. The van der Waals surface area contributed by atoms with Gasteiger partial charge in [0, 0.05) is 5.56 Å². The normalized spacial score (nSPS) is 32.9. The minimum Gasteiger partial charge on any atom is -0.458 e. The number of fused-ring (bicyclic) bond motifs is 1. The molecule has 21 heavy (non-hydrogen) atoms. The van der Waals surface area contributed by atoms with Crippen LogP contribution in [-0.2, 0) is 4.74 Å². The largest absolute Gasteiger partial charge is 0.458 e. The number of ether oxygens (including phenoxy) is 1. The van der Waals surface area contributed by atoms with Gasteiger partial charge in [0.15, 0.2) is 11.4 Å². The fourth-order valence-electron chi connectivity index (χ4n) is 2.61. The molecule has 114 valence electrons. The summed E-state index contributed by atoms with van der Waals surface area (Å²) in [6.45, 7) is 0.980. The molecule has 0 radical (unpaired) electrons. The number of nitrogens with zero attached hydrogens (tertiary/aromatic N) is 2. The van der Waals surface area contributed by atoms with Crippen molar-refractivity contribution < 1.29 is 24.5 Å². The van der Waals surface area contributed by atoms with Crippen LogP contribution in [0.1, 0.15) is 18.6 Å². The standard InChI is InChI=1S/C12H16N4O5/c1-12(19)8(18)5(2-17)21-9(12)4-3-20-7-6(4)15-11(14)16-10(7)13/h3,5,8-9,17-19H,2H2,1H3,(H4,13,14,15,16)/t5-,8-,9+,12-/m1/s1. The van der Waals surface area contributed by atoms with Gasteiger partial charge in [0.05, 0.1) is 12.9 Å². The quantitative estimate of drug-likeness (QED) is 0.464. The van der Waals surface area contributed by atoms with Gasteiger partial charge in [0.25, 0.3) is 0 Å². The Hall–Kier alpha value is -1.94. The fraction of sp³-hybridized carbons (Fsp3) is 0.500. The summed E-state index contributed by atoms with van der Waals surface area (Å²) in [6.07, 6.45) is -1.79. The van der Waals surface area contributed by atoms with E-state index in [0.29, 0.717) is 11.1 Å². The van der Waals surface area contributed by atoms with Crippen LogP contribution >= 0.6 is 0 Å². The fourth-order valence-corrected chi connectivity index (χ4v) is 2.61. The van der Waals surface area contributed by atoms with Crippen LogP contribution in [0.15, 0.2) is 10.7 Å². The summed E-state index contributed by atoms with van der Waals surface area (Å²) >= 11 is 0. The summed E-state index contributed by atoms with van der Waals surface area (Å²) < 4.78 is 10.8. The molecule has 1 fully saturated rings. The second kappa shape index (κ2) is 4.53. The van der Waals surface area contributed by atoms with Gasteiger partial charge < -0.3 is 35.9 Å². The first-order chi connectivity index (χ1) is 9.86. The van der Waals surface area contributed by atoms with Crippen molar-refractivity contribution in [2.45, 2.75) is 30.8 Å². The molecule has 4 atom stereocenters. The molecule has 0 unspecified atom stereocenters. The number of aliphatic hydroxyl groups is 3. The maximum atomic E-state index is 10.5. The Kier molecular flexibility index (Phi) is 3.02. The average molecular weight is 296 g/mol. The molecule has 9 nitrogen and oxygen atoms in total. The third kappa shape index (κ3) is 1.94. The van der Waals surface area contributed by atoms with Gasteiger partial charge >= 0.3 is 0 Å². The lowest BCUT2D eigenvalue weighted by Crippen LogP contribution is -2.42. The average Bonchev–Trinajstić information content (AvgIpc) is 2.91. The Morgan fingerprint density at radius 1 is 1.38 bits per heavy atom. The minimum absolute atomic E-state index is 0.0421. The van der Waals surface area contributed by atoms with E-state index >= 15 is 0 Å². The van der Waals surface area contributed by atoms with E-state index in [2.05, 4.69) is 9.97 Å². The van der Waals surface area contributed by atoms with Crippen LogP contribution in [0.2, 0.25) is 0 Å². The van der Waals surface area contributed by atoms with Gasteiger partial charge in [-0.25, -0.2) is 4.98 Å². The van der Waals surface area contributed by atoms with E-state index in [9.17, 15) is 15.3 Å². The second-order valence-electron chi connectivity index (χ2n) is 5.24. The van der Waals surface area contributed by atoms with Crippen LogP contribution in [0.5, 0.6) is 0 Å². The molecule has 0 aliphatic carbocycles. The zero-order valence-corrected chi connectivity index (χ0v) is 11.2. The molecule has 0 bridgehead atoms. The third-order valence-electron chi connectivity index (χ3n) is 3.74. The molecule has 0 amide bonds. The lowest BCUT2D eigenvalue weighted by atomic mass is 9.89. The summed E-state index contributed by atoms with van der Waals surface area (Å²) in [4.78, 5) is 7.82. The Labute approximate surface area is 119 Å². The number of hydrogen-bond acceptors (Lipinski definition) is 9. The van der Waals surface area contributed by atoms with Crippen LogP contribution < -0.4 is 11.5 Å². The third-order valence-corrected chi connectivity index (χ3v) is 3.74. The summed E-state index contributed by atoms with van der Waals surface area (Å²) in [7, 11) is 0. The molecule has 2 aromatic rings. The van der Waals surface area contributed by atoms with E-state index in [1.165, 1.54) is 13.2 Å². The molecule has 7 N–H and O–H groups in total. The number of anilines is 2. The molecule has 9 heteroatoms. The van der Waals surface area contributed by atoms with Crippen molar-refractivity contribution in [3.8, 4) is 0 Å². The van der Waals surface area contributed by atoms with Crippen molar-refractivity contribution >= 4 is 22.9 Å². The van der Waals surface area contributed by atoms with Crippen LogP contribution in [0, 0.1) is 0 Å². The zero-order chi connectivity index (χ0) is 15.4. The predicted molar refractivity (Wildman–Crippen MR) is 72.0 cm³/mol. The highest BCUT2D eigenvalue weighted by molar-refractivity contribution is 5.86. The first-order valence-corrected chi connectivity index (χ1v) is 6.33. The predicted octanol–water partition coefficient (Wildman–Crippen LogP) is -1.07. The Balaban J connectivity index is 2.13. The first-order valence-electron chi connectivity index (χ1n) is 6.33. The molecule has 0 saturated carbocycles. The molecule has 0 aromatic carbocycles. The highest BCUT2D eigenvalue weighted by Crippen LogP contribution is 2.44. The van der Waals surface area contributed by atoms with Gasteiger partial charge in [-0.3, -0.25) is 0 Å². The van der Waals surface area contributed by atoms with Crippen LogP contribution in [0.25, 0.3) is 11.1 Å². The van der Waals surface area contributed by atoms with Gasteiger partial charge in [-0.15, -0.1) is 0 Å². The second-order valence-corrected chi connectivity index (χ2v) is 5.24. The van der Waals surface area contributed by atoms with Crippen molar-refractivity contribution in [3.63, 3.8) is 0 Å².